The lowest BCUT2D eigenvalue weighted by Gasteiger charge is -2.43. The molecule has 3 aromatic carbocycles. The van der Waals surface area contributed by atoms with E-state index in [1.807, 2.05) is 25.1 Å². The number of aromatic nitrogens is 1. The minimum absolute atomic E-state index is 0.0136. The van der Waals surface area contributed by atoms with Crippen molar-refractivity contribution < 1.29 is 32.3 Å². The van der Waals surface area contributed by atoms with Gasteiger partial charge in [-0.25, -0.2) is 0 Å². The first-order valence-corrected chi connectivity index (χ1v) is 18.1. The minimum Gasteiger partial charge on any atom is -0.483 e. The number of nitrogens with zero attached hydrogens (tertiary/aromatic N) is 1. The molecule has 8 nitrogen and oxygen atoms in total. The van der Waals surface area contributed by atoms with E-state index in [1.54, 1.807) is 36.0 Å². The number of benzene rings is 3. The number of thioether (sulfide) groups is 1. The molecule has 0 spiro atoms. The second-order valence-electron chi connectivity index (χ2n) is 12.9. The van der Waals surface area contributed by atoms with Crippen molar-refractivity contribution in [2.75, 3.05) is 16.8 Å². The Morgan fingerprint density at radius 1 is 1.02 bits per heavy atom. The first-order valence-electron chi connectivity index (χ1n) is 15.6. The summed E-state index contributed by atoms with van der Waals surface area (Å²) in [6.45, 7) is 1.46. The number of amides is 3. The SMILES string of the molecule is Cc1ccc(N2C(=O)[C@H]3[C@H]4C[C@@H]([C@@H]3C2=O)[C@@H]2[C@H](c3cc(Br)ccc3OCC(=O)Nc3cccc(C(F)(F)F)c3)c3sc(=O)[nH]c3S[C@H]42)cc1. The lowest BCUT2D eigenvalue weighted by molar-refractivity contribution is -0.137. The summed E-state index contributed by atoms with van der Waals surface area (Å²) < 4.78 is 46.4. The van der Waals surface area contributed by atoms with Crippen molar-refractivity contribution in [3.63, 3.8) is 0 Å². The highest BCUT2D eigenvalue weighted by Crippen LogP contribution is 2.69. The van der Waals surface area contributed by atoms with Crippen LogP contribution >= 0.6 is 39.0 Å². The Morgan fingerprint density at radius 2 is 1.76 bits per heavy atom. The number of imide groups is 1. The van der Waals surface area contributed by atoms with Crippen LogP contribution in [0.25, 0.3) is 0 Å². The highest BCUT2D eigenvalue weighted by Gasteiger charge is 2.70. The molecule has 0 unspecified atom stereocenters. The van der Waals surface area contributed by atoms with Crippen LogP contribution in [0, 0.1) is 36.5 Å². The Hall–Kier alpha value is -3.88. The molecule has 49 heavy (non-hydrogen) atoms. The van der Waals surface area contributed by atoms with Crippen LogP contribution in [-0.2, 0) is 20.6 Å². The average molecular weight is 771 g/mol. The second kappa shape index (κ2) is 11.9. The van der Waals surface area contributed by atoms with Crippen LogP contribution in [0.4, 0.5) is 24.5 Å². The van der Waals surface area contributed by atoms with E-state index in [4.69, 9.17) is 4.74 Å². The van der Waals surface area contributed by atoms with Crippen molar-refractivity contribution >= 4 is 68.1 Å². The van der Waals surface area contributed by atoms with E-state index in [9.17, 15) is 32.3 Å². The number of aromatic amines is 1. The number of nitrogens with one attached hydrogen (secondary N) is 2. The van der Waals surface area contributed by atoms with Crippen LogP contribution in [0.3, 0.4) is 0 Å². The molecule has 4 aliphatic rings. The van der Waals surface area contributed by atoms with Gasteiger partial charge in [0, 0.05) is 31.8 Å². The number of carbonyl (C=O) groups excluding carboxylic acids is 3. The summed E-state index contributed by atoms with van der Waals surface area (Å²) in [4.78, 5) is 58.6. The first-order chi connectivity index (χ1) is 23.4. The highest BCUT2D eigenvalue weighted by atomic mass is 79.9. The van der Waals surface area contributed by atoms with E-state index in [-0.39, 0.29) is 51.3 Å². The molecule has 2 aliphatic heterocycles. The second-order valence-corrected chi connectivity index (χ2v) is 16.0. The smallest absolute Gasteiger partial charge is 0.416 e. The lowest BCUT2D eigenvalue weighted by Crippen LogP contribution is -2.42. The van der Waals surface area contributed by atoms with E-state index in [0.29, 0.717) is 23.4 Å². The first kappa shape index (κ1) is 32.3. The predicted molar refractivity (Wildman–Crippen MR) is 182 cm³/mol. The van der Waals surface area contributed by atoms with Gasteiger partial charge in [0.25, 0.3) is 5.91 Å². The Morgan fingerprint density at radius 3 is 2.49 bits per heavy atom. The van der Waals surface area contributed by atoms with Crippen LogP contribution in [0.2, 0.25) is 0 Å². The number of fused-ring (bicyclic) bond motifs is 9. The number of anilines is 2. The molecule has 1 saturated heterocycles. The van der Waals surface area contributed by atoms with Crippen LogP contribution in [0.15, 0.2) is 81.0 Å². The molecule has 3 fully saturated rings. The van der Waals surface area contributed by atoms with Crippen LogP contribution in [0.1, 0.15) is 33.9 Å². The number of hydrogen-bond donors (Lipinski definition) is 2. The monoisotopic (exact) mass is 769 g/mol. The third kappa shape index (κ3) is 5.42. The standard InChI is InChI=1S/C35H27BrF3N3O5S2/c1-15-5-8-19(9-6-15)42-32(44)27-21-13-22(28(27)33(42)45)29-26(21)25(30-31(48-29)41-34(46)49-30)20-12-17(36)7-10-23(20)47-14-24(43)40-18-4-2-3-16(11-18)35(37,38)39/h2-12,21-22,25-29H,13-14H2,1H3,(H,40,43)(H,41,46)/t21-,22-,25+,26-,27+,28+,29-/m1/s1. The van der Waals surface area contributed by atoms with Gasteiger partial charge < -0.3 is 15.0 Å². The summed E-state index contributed by atoms with van der Waals surface area (Å²) >= 11 is 6.24. The van der Waals surface area contributed by atoms with Crippen LogP contribution in [0.5, 0.6) is 5.75 Å². The molecule has 3 amide bonds. The minimum atomic E-state index is -4.56. The zero-order valence-electron chi connectivity index (χ0n) is 25.6. The molecule has 0 radical (unpaired) electrons. The van der Waals surface area contributed by atoms with Crippen molar-refractivity contribution in [2.24, 2.45) is 29.6 Å². The summed E-state index contributed by atoms with van der Waals surface area (Å²) in [6, 6.07) is 17.1. The molecular formula is C35H27BrF3N3O5S2. The summed E-state index contributed by atoms with van der Waals surface area (Å²) in [5, 5.41) is 3.14. The Balaban J connectivity index is 1.11. The molecule has 2 aliphatic carbocycles. The van der Waals surface area contributed by atoms with Gasteiger partial charge >= 0.3 is 11.0 Å². The van der Waals surface area contributed by atoms with E-state index < -0.39 is 36.1 Å². The van der Waals surface area contributed by atoms with Gasteiger partial charge in [0.15, 0.2) is 6.61 Å². The van der Waals surface area contributed by atoms with Gasteiger partial charge in [-0.05, 0) is 79.6 Å². The zero-order valence-corrected chi connectivity index (χ0v) is 28.8. The molecule has 3 heterocycles. The molecule has 2 saturated carbocycles. The quantitative estimate of drug-likeness (QED) is 0.201. The highest BCUT2D eigenvalue weighted by molar-refractivity contribution is 9.10. The number of ether oxygens (including phenoxy) is 1. The molecule has 7 atom stereocenters. The lowest BCUT2D eigenvalue weighted by atomic mass is 9.68. The number of H-pyrrole nitrogens is 1. The van der Waals surface area contributed by atoms with E-state index in [0.717, 1.165) is 43.4 Å². The third-order valence-corrected chi connectivity index (χ3v) is 13.2. The van der Waals surface area contributed by atoms with Crippen molar-refractivity contribution in [3.05, 3.63) is 102 Å². The topological polar surface area (TPSA) is 109 Å². The number of hydrogen-bond acceptors (Lipinski definition) is 7. The predicted octanol–water partition coefficient (Wildman–Crippen LogP) is 7.22. The van der Waals surface area contributed by atoms with Crippen LogP contribution < -0.4 is 19.8 Å². The normalized spacial score (nSPS) is 26.8. The number of thiazole rings is 1. The number of aryl methyl sites for hydroxylation is 1. The van der Waals surface area contributed by atoms with Crippen molar-refractivity contribution in [1.29, 1.82) is 0 Å². The molecule has 4 aromatic rings. The fraction of sp³-hybridized carbons (Fsp3) is 0.314. The van der Waals surface area contributed by atoms with Crippen molar-refractivity contribution in [1.82, 2.24) is 4.98 Å². The van der Waals surface area contributed by atoms with Crippen molar-refractivity contribution in [3.8, 4) is 5.75 Å². The van der Waals surface area contributed by atoms with Gasteiger partial charge in [-0.1, -0.05) is 51.0 Å². The molecular weight excluding hydrogens is 743 g/mol. The number of halogens is 4. The van der Waals surface area contributed by atoms with E-state index in [1.165, 1.54) is 17.0 Å². The van der Waals surface area contributed by atoms with Crippen molar-refractivity contribution in [2.45, 2.75) is 35.7 Å². The van der Waals surface area contributed by atoms with Gasteiger partial charge in [0.2, 0.25) is 11.8 Å². The van der Waals surface area contributed by atoms with Gasteiger partial charge in [-0.3, -0.25) is 24.1 Å². The summed E-state index contributed by atoms with van der Waals surface area (Å²) in [7, 11) is 0. The van der Waals surface area contributed by atoms with E-state index >= 15 is 0 Å². The fourth-order valence-corrected chi connectivity index (χ4v) is 11.6. The van der Waals surface area contributed by atoms with Gasteiger partial charge in [0.1, 0.15) is 5.75 Å². The maximum atomic E-state index is 14.1. The molecule has 14 heteroatoms. The fourth-order valence-electron chi connectivity index (χ4n) is 8.32. The molecule has 2 bridgehead atoms. The molecule has 8 rings (SSSR count). The maximum Gasteiger partial charge on any atom is 0.416 e. The zero-order chi connectivity index (χ0) is 34.4. The Labute approximate surface area is 294 Å². The van der Waals surface area contributed by atoms with Crippen LogP contribution in [-0.4, -0.2) is 34.6 Å². The van der Waals surface area contributed by atoms with Gasteiger partial charge in [0.05, 0.1) is 28.1 Å². The number of rotatable bonds is 6. The summed E-state index contributed by atoms with van der Waals surface area (Å²) in [6.07, 6.45) is -3.85. The Bertz CT molecular complexity index is 2080. The third-order valence-electron chi connectivity index (χ3n) is 10.2. The van der Waals surface area contributed by atoms with Gasteiger partial charge in [-0.2, -0.15) is 13.2 Å². The largest absolute Gasteiger partial charge is 0.483 e. The molecule has 252 valence electrons. The summed E-state index contributed by atoms with van der Waals surface area (Å²) in [5.74, 6) is -2.28. The number of carbonyl (C=O) groups is 3. The number of alkyl halides is 3. The maximum absolute atomic E-state index is 14.1. The van der Waals surface area contributed by atoms with E-state index in [2.05, 4.69) is 26.2 Å². The summed E-state index contributed by atoms with van der Waals surface area (Å²) in [5.41, 5.74) is 1.40. The molecule has 1 aromatic heterocycles. The average Bonchev–Trinajstić information content (AvgIpc) is 3.79. The van der Waals surface area contributed by atoms with Gasteiger partial charge in [-0.15, -0.1) is 11.8 Å². The molecule has 2 N–H and O–H groups in total. The Kier molecular flexibility index (Phi) is 7.83.